The van der Waals surface area contributed by atoms with Crippen molar-refractivity contribution in [3.63, 3.8) is 0 Å². The zero-order valence-electron chi connectivity index (χ0n) is 11.4. The molecule has 0 spiro atoms. The van der Waals surface area contributed by atoms with Crippen LogP contribution in [0.4, 0.5) is 14.9 Å². The molecule has 2 N–H and O–H groups in total. The highest BCUT2D eigenvalue weighted by Crippen LogP contribution is 2.15. The predicted molar refractivity (Wildman–Crippen MR) is 74.0 cm³/mol. The number of carbonyl (C=O) groups is 2. The van der Waals surface area contributed by atoms with Crippen molar-refractivity contribution in [3.05, 3.63) is 29.6 Å². The molecule has 1 aliphatic heterocycles. The highest BCUT2D eigenvalue weighted by molar-refractivity contribution is 5.93. The van der Waals surface area contributed by atoms with E-state index in [0.717, 1.165) is 38.1 Å². The summed E-state index contributed by atoms with van der Waals surface area (Å²) in [5.41, 5.74) is 0.223. The molecule has 0 aromatic heterocycles. The minimum absolute atomic E-state index is 0.0241. The summed E-state index contributed by atoms with van der Waals surface area (Å²) in [7, 11) is 0. The van der Waals surface area contributed by atoms with E-state index in [9.17, 15) is 14.0 Å². The molecule has 1 heterocycles. The number of rotatable bonds is 3. The lowest BCUT2D eigenvalue weighted by atomic mass is 10.2. The van der Waals surface area contributed by atoms with Gasteiger partial charge in [0.05, 0.1) is 17.8 Å². The van der Waals surface area contributed by atoms with Gasteiger partial charge in [-0.15, -0.1) is 0 Å². The highest BCUT2D eigenvalue weighted by atomic mass is 19.1. The number of amides is 3. The van der Waals surface area contributed by atoms with Gasteiger partial charge < -0.3 is 15.5 Å². The fourth-order valence-corrected chi connectivity index (χ4v) is 2.12. The second-order valence-electron chi connectivity index (χ2n) is 4.70. The van der Waals surface area contributed by atoms with Gasteiger partial charge in [-0.3, -0.25) is 4.79 Å². The molecule has 1 aromatic rings. The molecule has 0 bridgehead atoms. The van der Waals surface area contributed by atoms with Crippen LogP contribution in [-0.4, -0.2) is 36.5 Å². The SMILES string of the molecule is N#Cc1cc(F)ccc1NC(=O)NCC(=O)N1CCCC1. The molecule has 0 aliphatic carbocycles. The third-order valence-electron chi connectivity index (χ3n) is 3.21. The van der Waals surface area contributed by atoms with Gasteiger partial charge in [-0.25, -0.2) is 9.18 Å². The first-order valence-corrected chi connectivity index (χ1v) is 6.62. The number of benzene rings is 1. The van der Waals surface area contributed by atoms with E-state index in [1.165, 1.54) is 6.07 Å². The fraction of sp³-hybridized carbons (Fsp3) is 0.357. The number of hydrogen-bond acceptors (Lipinski definition) is 3. The van der Waals surface area contributed by atoms with Crippen LogP contribution < -0.4 is 10.6 Å². The van der Waals surface area contributed by atoms with Crippen molar-refractivity contribution in [3.8, 4) is 6.07 Å². The van der Waals surface area contributed by atoms with E-state index in [0.29, 0.717) is 0 Å². The van der Waals surface area contributed by atoms with Crippen molar-refractivity contribution in [2.75, 3.05) is 25.0 Å². The maximum absolute atomic E-state index is 13.0. The van der Waals surface area contributed by atoms with Gasteiger partial charge in [0, 0.05) is 13.1 Å². The van der Waals surface area contributed by atoms with Crippen molar-refractivity contribution in [1.29, 1.82) is 5.26 Å². The lowest BCUT2D eigenvalue weighted by Crippen LogP contribution is -2.40. The number of nitriles is 1. The Hall–Kier alpha value is -2.62. The maximum Gasteiger partial charge on any atom is 0.319 e. The van der Waals surface area contributed by atoms with Crippen LogP contribution in [0, 0.1) is 17.1 Å². The number of nitrogens with one attached hydrogen (secondary N) is 2. The minimum atomic E-state index is -0.606. The summed E-state index contributed by atoms with van der Waals surface area (Å²) < 4.78 is 13.0. The summed E-state index contributed by atoms with van der Waals surface area (Å²) in [6.07, 6.45) is 1.97. The molecule has 1 aliphatic rings. The van der Waals surface area contributed by atoms with E-state index >= 15 is 0 Å². The number of hydrogen-bond donors (Lipinski definition) is 2. The largest absolute Gasteiger partial charge is 0.341 e. The van der Waals surface area contributed by atoms with Gasteiger partial charge in [-0.2, -0.15) is 5.26 Å². The first-order valence-electron chi connectivity index (χ1n) is 6.62. The summed E-state index contributed by atoms with van der Waals surface area (Å²) in [5.74, 6) is -0.691. The Morgan fingerprint density at radius 2 is 2.05 bits per heavy atom. The molecule has 2 rings (SSSR count). The standard InChI is InChI=1S/C14H15FN4O2/c15-11-3-4-12(10(7-11)8-16)18-14(21)17-9-13(20)19-5-1-2-6-19/h3-4,7H,1-2,5-6,9H2,(H2,17,18,21). The average Bonchev–Trinajstić information content (AvgIpc) is 3.01. The molecular formula is C14H15FN4O2. The molecule has 3 amide bonds. The lowest BCUT2D eigenvalue weighted by Gasteiger charge is -2.15. The summed E-state index contributed by atoms with van der Waals surface area (Å²) in [4.78, 5) is 25.1. The van der Waals surface area contributed by atoms with Crippen molar-refractivity contribution >= 4 is 17.6 Å². The molecule has 0 saturated carbocycles. The Kier molecular flexibility index (Phi) is 4.72. The van der Waals surface area contributed by atoms with Crippen molar-refractivity contribution in [1.82, 2.24) is 10.2 Å². The number of carbonyl (C=O) groups excluding carboxylic acids is 2. The molecule has 0 radical (unpaired) electrons. The zero-order chi connectivity index (χ0) is 15.2. The number of likely N-dealkylation sites (tertiary alicyclic amines) is 1. The second-order valence-corrected chi connectivity index (χ2v) is 4.70. The third-order valence-corrected chi connectivity index (χ3v) is 3.21. The minimum Gasteiger partial charge on any atom is -0.341 e. The number of anilines is 1. The van der Waals surface area contributed by atoms with Crippen LogP contribution >= 0.6 is 0 Å². The van der Waals surface area contributed by atoms with E-state index in [1.54, 1.807) is 11.0 Å². The number of urea groups is 1. The van der Waals surface area contributed by atoms with Crippen molar-refractivity contribution < 1.29 is 14.0 Å². The van der Waals surface area contributed by atoms with Crippen molar-refractivity contribution in [2.45, 2.75) is 12.8 Å². The smallest absolute Gasteiger partial charge is 0.319 e. The molecule has 6 nitrogen and oxygen atoms in total. The molecular weight excluding hydrogens is 275 g/mol. The van der Waals surface area contributed by atoms with Gasteiger partial charge in [-0.05, 0) is 31.0 Å². The Labute approximate surface area is 121 Å². The van der Waals surface area contributed by atoms with Gasteiger partial charge in [0.1, 0.15) is 11.9 Å². The van der Waals surface area contributed by atoms with E-state index < -0.39 is 11.8 Å². The van der Waals surface area contributed by atoms with Crippen LogP contribution in [0.2, 0.25) is 0 Å². The molecule has 21 heavy (non-hydrogen) atoms. The van der Waals surface area contributed by atoms with E-state index in [1.807, 2.05) is 0 Å². The zero-order valence-corrected chi connectivity index (χ0v) is 11.4. The quantitative estimate of drug-likeness (QED) is 0.883. The Morgan fingerprint density at radius 3 is 2.71 bits per heavy atom. The van der Waals surface area contributed by atoms with Crippen molar-refractivity contribution in [2.24, 2.45) is 0 Å². The van der Waals surface area contributed by atoms with Crippen LogP contribution in [-0.2, 0) is 4.79 Å². The molecule has 7 heteroatoms. The van der Waals surface area contributed by atoms with Gasteiger partial charge in [-0.1, -0.05) is 0 Å². The van der Waals surface area contributed by atoms with Crippen LogP contribution in [0.1, 0.15) is 18.4 Å². The van der Waals surface area contributed by atoms with Gasteiger partial charge >= 0.3 is 6.03 Å². The van der Waals surface area contributed by atoms with Crippen LogP contribution in [0.3, 0.4) is 0 Å². The summed E-state index contributed by atoms with van der Waals surface area (Å²) in [6.45, 7) is 1.34. The normalized spacial score (nSPS) is 13.6. The summed E-state index contributed by atoms with van der Waals surface area (Å²) >= 11 is 0. The molecule has 0 atom stereocenters. The first kappa shape index (κ1) is 14.8. The maximum atomic E-state index is 13.0. The molecule has 110 valence electrons. The Balaban J connectivity index is 1.87. The topological polar surface area (TPSA) is 85.2 Å². The Bertz CT molecular complexity index is 591. The van der Waals surface area contributed by atoms with Crippen LogP contribution in [0.25, 0.3) is 0 Å². The molecule has 1 saturated heterocycles. The predicted octanol–water partition coefficient (Wildman–Crippen LogP) is 1.44. The molecule has 1 fully saturated rings. The Morgan fingerprint density at radius 1 is 1.33 bits per heavy atom. The first-order chi connectivity index (χ1) is 10.1. The van der Waals surface area contributed by atoms with Gasteiger partial charge in [0.25, 0.3) is 0 Å². The van der Waals surface area contributed by atoms with Crippen LogP contribution in [0.15, 0.2) is 18.2 Å². The average molecular weight is 290 g/mol. The third kappa shape index (κ3) is 3.92. The van der Waals surface area contributed by atoms with Gasteiger partial charge in [0.2, 0.25) is 5.91 Å². The fourth-order valence-electron chi connectivity index (χ4n) is 2.12. The summed E-state index contributed by atoms with van der Waals surface area (Å²) in [6, 6.07) is 4.67. The number of halogens is 1. The van der Waals surface area contributed by atoms with Gasteiger partial charge in [0.15, 0.2) is 0 Å². The molecule has 1 aromatic carbocycles. The van der Waals surface area contributed by atoms with E-state index in [2.05, 4.69) is 10.6 Å². The van der Waals surface area contributed by atoms with E-state index in [4.69, 9.17) is 5.26 Å². The monoisotopic (exact) mass is 290 g/mol. The molecule has 0 unspecified atom stereocenters. The summed E-state index contributed by atoms with van der Waals surface area (Å²) in [5, 5.41) is 13.7. The second kappa shape index (κ2) is 6.70. The van der Waals surface area contributed by atoms with Crippen LogP contribution in [0.5, 0.6) is 0 Å². The van der Waals surface area contributed by atoms with E-state index in [-0.39, 0.29) is 23.7 Å². The highest BCUT2D eigenvalue weighted by Gasteiger charge is 2.18. The number of nitrogens with zero attached hydrogens (tertiary/aromatic N) is 2. The lowest BCUT2D eigenvalue weighted by molar-refractivity contribution is -0.128.